The first-order valence-electron chi connectivity index (χ1n) is 7.04. The van der Waals surface area contributed by atoms with Crippen molar-refractivity contribution in [2.24, 2.45) is 0 Å². The topological polar surface area (TPSA) is 43.8 Å². The first-order valence-corrected chi connectivity index (χ1v) is 7.04. The predicted octanol–water partition coefficient (Wildman–Crippen LogP) is 1.41. The molecule has 5 heteroatoms. The van der Waals surface area contributed by atoms with Crippen molar-refractivity contribution in [3.63, 3.8) is 0 Å². The van der Waals surface area contributed by atoms with Gasteiger partial charge in [-0.3, -0.25) is 9.69 Å². The molecule has 110 valence electrons. The molecule has 0 aromatic heterocycles. The Morgan fingerprint density at radius 1 is 1.25 bits per heavy atom. The Morgan fingerprint density at radius 3 is 2.35 bits per heavy atom. The van der Waals surface area contributed by atoms with Gasteiger partial charge in [0.05, 0.1) is 0 Å². The molecule has 1 atom stereocenters. The van der Waals surface area contributed by atoms with Crippen molar-refractivity contribution in [3.8, 4) is 0 Å². The summed E-state index contributed by atoms with van der Waals surface area (Å²) in [4.78, 5) is 15.4. The van der Waals surface area contributed by atoms with Gasteiger partial charge in [-0.25, -0.2) is 4.39 Å². The van der Waals surface area contributed by atoms with Crippen molar-refractivity contribution < 1.29 is 14.3 Å². The van der Waals surface area contributed by atoms with Gasteiger partial charge in [0.2, 0.25) is 5.91 Å². The van der Waals surface area contributed by atoms with Gasteiger partial charge in [-0.05, 0) is 24.1 Å². The third-order valence-electron chi connectivity index (χ3n) is 3.88. The Balaban J connectivity index is 2.00. The molecule has 0 radical (unpaired) electrons. The fourth-order valence-electron chi connectivity index (χ4n) is 2.77. The van der Waals surface area contributed by atoms with Crippen LogP contribution in [-0.4, -0.2) is 53.6 Å². The molecule has 0 bridgehead atoms. The van der Waals surface area contributed by atoms with Crippen LogP contribution in [0.5, 0.6) is 0 Å². The van der Waals surface area contributed by atoms with Gasteiger partial charge in [0.25, 0.3) is 0 Å². The van der Waals surface area contributed by atoms with Gasteiger partial charge in [0.15, 0.2) is 0 Å². The van der Waals surface area contributed by atoms with Gasteiger partial charge in [-0.2, -0.15) is 0 Å². The van der Waals surface area contributed by atoms with Crippen LogP contribution in [0.4, 0.5) is 4.39 Å². The van der Waals surface area contributed by atoms with Crippen LogP contribution in [0.1, 0.15) is 24.9 Å². The molecule has 0 aliphatic carbocycles. The Kier molecular flexibility index (Phi) is 5.09. The second-order valence-electron chi connectivity index (χ2n) is 5.05. The molecule has 1 unspecified atom stereocenters. The molecule has 0 spiro atoms. The molecule has 20 heavy (non-hydrogen) atoms. The van der Waals surface area contributed by atoms with Crippen LogP contribution in [0.25, 0.3) is 0 Å². The maximum Gasteiger partial charge on any atom is 0.248 e. The lowest BCUT2D eigenvalue weighted by atomic mass is 10.0. The smallest absolute Gasteiger partial charge is 0.248 e. The minimum atomic E-state index is -0.421. The highest BCUT2D eigenvalue weighted by molar-refractivity contribution is 5.77. The Hall–Kier alpha value is -1.46. The lowest BCUT2D eigenvalue weighted by Gasteiger charge is -2.39. The number of rotatable bonds is 4. The number of carbonyl (C=O) groups excluding carboxylic acids is 1. The van der Waals surface area contributed by atoms with E-state index in [9.17, 15) is 9.18 Å². The van der Waals surface area contributed by atoms with E-state index < -0.39 is 6.61 Å². The number of nitrogens with zero attached hydrogens (tertiary/aromatic N) is 2. The number of carbonyl (C=O) groups is 1. The highest BCUT2D eigenvalue weighted by Gasteiger charge is 2.25. The second-order valence-corrected chi connectivity index (χ2v) is 5.05. The number of amides is 1. The molecule has 1 N–H and O–H groups in total. The Morgan fingerprint density at radius 2 is 1.85 bits per heavy atom. The van der Waals surface area contributed by atoms with Gasteiger partial charge in [0, 0.05) is 32.2 Å². The zero-order chi connectivity index (χ0) is 14.5. The van der Waals surface area contributed by atoms with E-state index in [-0.39, 0.29) is 17.8 Å². The van der Waals surface area contributed by atoms with Gasteiger partial charge >= 0.3 is 0 Å². The normalized spacial score (nSPS) is 18.1. The van der Waals surface area contributed by atoms with Crippen molar-refractivity contribution in [2.75, 3.05) is 32.8 Å². The molecule has 2 rings (SSSR count). The fourth-order valence-corrected chi connectivity index (χ4v) is 2.77. The summed E-state index contributed by atoms with van der Waals surface area (Å²) in [5.74, 6) is -0.429. The summed E-state index contributed by atoms with van der Waals surface area (Å²) < 4.78 is 13.0. The zero-order valence-electron chi connectivity index (χ0n) is 11.8. The number of hydrogen-bond donors (Lipinski definition) is 1. The number of hydrogen-bond acceptors (Lipinski definition) is 3. The Bertz CT molecular complexity index is 442. The monoisotopic (exact) mass is 280 g/mol. The molecule has 1 aliphatic heterocycles. The minimum Gasteiger partial charge on any atom is -0.387 e. The standard InChI is InChI=1S/C15H21FN2O2/c1-2-14(12-3-5-13(16)6-4-12)17-7-9-18(10-8-17)15(20)11-19/h3-6,14,19H,2,7-11H2,1H3. The van der Waals surface area contributed by atoms with Crippen LogP contribution in [0.3, 0.4) is 0 Å². The summed E-state index contributed by atoms with van der Waals surface area (Å²) in [6, 6.07) is 6.89. The first-order chi connectivity index (χ1) is 9.65. The van der Waals surface area contributed by atoms with E-state index in [1.165, 1.54) is 12.1 Å². The quantitative estimate of drug-likeness (QED) is 0.907. The number of halogens is 1. The highest BCUT2D eigenvalue weighted by Crippen LogP contribution is 2.25. The molecule has 1 fully saturated rings. The van der Waals surface area contributed by atoms with Crippen molar-refractivity contribution in [1.29, 1.82) is 0 Å². The van der Waals surface area contributed by atoms with E-state index in [0.717, 1.165) is 25.1 Å². The maximum atomic E-state index is 13.0. The fraction of sp³-hybridized carbons (Fsp3) is 0.533. The minimum absolute atomic E-state index is 0.209. The highest BCUT2D eigenvalue weighted by atomic mass is 19.1. The summed E-state index contributed by atoms with van der Waals surface area (Å²) in [5.41, 5.74) is 1.11. The average Bonchev–Trinajstić information content (AvgIpc) is 2.50. The van der Waals surface area contributed by atoms with Crippen LogP contribution in [-0.2, 0) is 4.79 Å². The molecule has 0 saturated carbocycles. The second kappa shape index (κ2) is 6.81. The van der Waals surface area contributed by atoms with Crippen LogP contribution < -0.4 is 0 Å². The Labute approximate surface area is 118 Å². The average molecular weight is 280 g/mol. The van der Waals surface area contributed by atoms with Crippen molar-refractivity contribution in [3.05, 3.63) is 35.6 Å². The van der Waals surface area contributed by atoms with Crippen LogP contribution in [0.15, 0.2) is 24.3 Å². The van der Waals surface area contributed by atoms with Crippen LogP contribution >= 0.6 is 0 Å². The van der Waals surface area contributed by atoms with E-state index in [1.54, 1.807) is 4.90 Å². The summed E-state index contributed by atoms with van der Waals surface area (Å²) >= 11 is 0. The molecule has 1 aliphatic rings. The van der Waals surface area contributed by atoms with Crippen LogP contribution in [0, 0.1) is 5.82 Å². The van der Waals surface area contributed by atoms with Gasteiger partial charge in [0.1, 0.15) is 12.4 Å². The SMILES string of the molecule is CCC(c1ccc(F)cc1)N1CCN(C(=O)CO)CC1. The van der Waals surface area contributed by atoms with E-state index in [0.29, 0.717) is 13.1 Å². The molecule has 1 aromatic rings. The third-order valence-corrected chi connectivity index (χ3v) is 3.88. The molecular formula is C15H21FN2O2. The number of aliphatic hydroxyl groups excluding tert-OH is 1. The molecule has 1 heterocycles. The van der Waals surface area contributed by atoms with Gasteiger partial charge < -0.3 is 10.0 Å². The van der Waals surface area contributed by atoms with E-state index in [2.05, 4.69) is 11.8 Å². The number of aliphatic hydroxyl groups is 1. The molecule has 1 aromatic carbocycles. The lowest BCUT2D eigenvalue weighted by Crippen LogP contribution is -2.50. The maximum absolute atomic E-state index is 13.0. The summed E-state index contributed by atoms with van der Waals surface area (Å²) in [7, 11) is 0. The first kappa shape index (κ1) is 14.9. The van der Waals surface area contributed by atoms with Crippen molar-refractivity contribution in [1.82, 2.24) is 9.80 Å². The van der Waals surface area contributed by atoms with E-state index in [1.807, 2.05) is 12.1 Å². The molecule has 1 saturated heterocycles. The molecule has 4 nitrogen and oxygen atoms in total. The van der Waals surface area contributed by atoms with Gasteiger partial charge in [-0.15, -0.1) is 0 Å². The van der Waals surface area contributed by atoms with Gasteiger partial charge in [-0.1, -0.05) is 19.1 Å². The summed E-state index contributed by atoms with van der Waals surface area (Å²) in [5, 5.41) is 8.87. The molecular weight excluding hydrogens is 259 g/mol. The van der Waals surface area contributed by atoms with Crippen LogP contribution in [0.2, 0.25) is 0 Å². The van der Waals surface area contributed by atoms with Crippen molar-refractivity contribution in [2.45, 2.75) is 19.4 Å². The predicted molar refractivity (Wildman–Crippen MR) is 74.7 cm³/mol. The lowest BCUT2D eigenvalue weighted by molar-refractivity contribution is -0.136. The summed E-state index contributed by atoms with van der Waals surface area (Å²) in [6.07, 6.45) is 0.944. The van der Waals surface area contributed by atoms with E-state index in [4.69, 9.17) is 5.11 Å². The van der Waals surface area contributed by atoms with Crippen molar-refractivity contribution >= 4 is 5.91 Å². The third kappa shape index (κ3) is 3.35. The number of benzene rings is 1. The number of piperazine rings is 1. The van der Waals surface area contributed by atoms with E-state index >= 15 is 0 Å². The largest absolute Gasteiger partial charge is 0.387 e. The zero-order valence-corrected chi connectivity index (χ0v) is 11.8. The summed E-state index contributed by atoms with van der Waals surface area (Å²) in [6.45, 7) is 4.52. The molecule has 1 amide bonds.